The Hall–Kier alpha value is -2.42. The second kappa shape index (κ2) is 9.44. The number of esters is 1. The standard InChI is InChI=1S/C25H32O8/c1-14-7-6-8-19(26)23-21(32-25(2,3)33-23)10-15-9-17(15)18-11-16(29-5)12-20(30-13-28-4)22(18)24(27)31-14/h6,8,11-12,14-15,17,21,23H,7,9-10,13H2,1-5H3/b8-6+/t14-,15?,17?,21+,23+/m0/s1. The highest BCUT2D eigenvalue weighted by molar-refractivity contribution is 5.95. The van der Waals surface area contributed by atoms with Gasteiger partial charge in [-0.1, -0.05) is 6.08 Å². The van der Waals surface area contributed by atoms with Crippen LogP contribution in [0.3, 0.4) is 0 Å². The van der Waals surface area contributed by atoms with E-state index in [2.05, 4.69) is 0 Å². The average molecular weight is 461 g/mol. The maximum absolute atomic E-state index is 13.2. The normalized spacial score (nSPS) is 32.0. The van der Waals surface area contributed by atoms with Crippen LogP contribution in [-0.4, -0.2) is 56.9 Å². The number of rotatable bonds is 4. The van der Waals surface area contributed by atoms with Crippen LogP contribution in [0.2, 0.25) is 0 Å². The van der Waals surface area contributed by atoms with Gasteiger partial charge in [0.05, 0.1) is 13.2 Å². The van der Waals surface area contributed by atoms with Gasteiger partial charge in [0.15, 0.2) is 18.4 Å². The molecule has 0 spiro atoms. The lowest BCUT2D eigenvalue weighted by Gasteiger charge is -2.20. The highest BCUT2D eigenvalue weighted by atomic mass is 16.8. The third-order valence-electron chi connectivity index (χ3n) is 6.26. The van der Waals surface area contributed by atoms with Crippen molar-refractivity contribution >= 4 is 11.8 Å². The zero-order valence-corrected chi connectivity index (χ0v) is 19.8. The first-order valence-corrected chi connectivity index (χ1v) is 11.3. The van der Waals surface area contributed by atoms with Crippen molar-refractivity contribution in [1.82, 2.24) is 0 Å². The lowest BCUT2D eigenvalue weighted by atomic mass is 9.96. The number of benzene rings is 1. The summed E-state index contributed by atoms with van der Waals surface area (Å²) in [6.07, 6.45) is 3.69. The van der Waals surface area contributed by atoms with E-state index in [4.69, 9.17) is 28.4 Å². The van der Waals surface area contributed by atoms with Crippen LogP contribution >= 0.6 is 0 Å². The minimum atomic E-state index is -0.828. The van der Waals surface area contributed by atoms with Gasteiger partial charge in [-0.05, 0) is 63.2 Å². The highest BCUT2D eigenvalue weighted by Crippen LogP contribution is 2.54. The van der Waals surface area contributed by atoms with Crippen molar-refractivity contribution in [3.8, 4) is 11.5 Å². The molecule has 8 heteroatoms. The van der Waals surface area contributed by atoms with Crippen LogP contribution in [-0.2, 0) is 23.7 Å². The molecule has 3 aliphatic rings. The summed E-state index contributed by atoms with van der Waals surface area (Å²) in [5, 5.41) is 0. The molecule has 2 heterocycles. The van der Waals surface area contributed by atoms with Gasteiger partial charge in [-0.25, -0.2) is 4.79 Å². The van der Waals surface area contributed by atoms with E-state index in [1.807, 2.05) is 19.9 Å². The van der Waals surface area contributed by atoms with E-state index in [-0.39, 0.29) is 30.5 Å². The van der Waals surface area contributed by atoms with Crippen molar-refractivity contribution in [1.29, 1.82) is 0 Å². The summed E-state index contributed by atoms with van der Waals surface area (Å²) in [5.41, 5.74) is 1.21. The molecule has 0 bridgehead atoms. The van der Waals surface area contributed by atoms with Crippen LogP contribution in [0.15, 0.2) is 24.3 Å². The Morgan fingerprint density at radius 1 is 1.12 bits per heavy atom. The van der Waals surface area contributed by atoms with E-state index < -0.39 is 24.0 Å². The number of carbonyl (C=O) groups excluding carboxylic acids is 2. The Balaban J connectivity index is 1.72. The molecule has 4 rings (SSSR count). The molecule has 2 aliphatic heterocycles. The van der Waals surface area contributed by atoms with Crippen molar-refractivity contribution in [2.75, 3.05) is 21.0 Å². The van der Waals surface area contributed by atoms with Gasteiger partial charge >= 0.3 is 5.97 Å². The predicted molar refractivity (Wildman–Crippen MR) is 118 cm³/mol. The predicted octanol–water partition coefficient (Wildman–Crippen LogP) is 3.77. The lowest BCUT2D eigenvalue weighted by molar-refractivity contribution is -0.153. The molecule has 1 saturated heterocycles. The van der Waals surface area contributed by atoms with E-state index in [9.17, 15) is 9.59 Å². The van der Waals surface area contributed by atoms with Crippen LogP contribution in [0.5, 0.6) is 11.5 Å². The number of methoxy groups -OCH3 is 2. The molecule has 1 aliphatic carbocycles. The first-order chi connectivity index (χ1) is 15.7. The molecule has 0 N–H and O–H groups in total. The molecule has 5 atom stereocenters. The number of hydrogen-bond donors (Lipinski definition) is 0. The molecule has 0 radical (unpaired) electrons. The molecule has 8 nitrogen and oxygen atoms in total. The van der Waals surface area contributed by atoms with Crippen LogP contribution < -0.4 is 9.47 Å². The molecule has 0 amide bonds. The highest BCUT2D eigenvalue weighted by Gasteiger charge is 2.50. The van der Waals surface area contributed by atoms with Gasteiger partial charge in [0, 0.05) is 19.6 Å². The zero-order chi connectivity index (χ0) is 23.8. The van der Waals surface area contributed by atoms with E-state index >= 15 is 0 Å². The van der Waals surface area contributed by atoms with Gasteiger partial charge in [-0.3, -0.25) is 4.79 Å². The summed E-state index contributed by atoms with van der Waals surface area (Å²) >= 11 is 0. The van der Waals surface area contributed by atoms with Gasteiger partial charge in [-0.2, -0.15) is 0 Å². The molecule has 2 unspecified atom stereocenters. The van der Waals surface area contributed by atoms with E-state index in [0.717, 1.165) is 12.0 Å². The third kappa shape index (κ3) is 5.23. The second-order valence-electron chi connectivity index (χ2n) is 9.33. The third-order valence-corrected chi connectivity index (χ3v) is 6.26. The quantitative estimate of drug-likeness (QED) is 0.496. The summed E-state index contributed by atoms with van der Waals surface area (Å²) in [6, 6.07) is 3.55. The molecule has 2 fully saturated rings. The Morgan fingerprint density at radius 3 is 2.64 bits per heavy atom. The van der Waals surface area contributed by atoms with Crippen LogP contribution in [0.25, 0.3) is 0 Å². The number of cyclic esters (lactones) is 1. The topological polar surface area (TPSA) is 89.5 Å². The van der Waals surface area contributed by atoms with Crippen molar-refractivity contribution in [2.45, 2.75) is 70.1 Å². The van der Waals surface area contributed by atoms with Crippen LogP contribution in [0, 0.1) is 5.92 Å². The van der Waals surface area contributed by atoms with Gasteiger partial charge in [0.25, 0.3) is 0 Å². The summed E-state index contributed by atoms with van der Waals surface area (Å²) in [4.78, 5) is 26.1. The summed E-state index contributed by atoms with van der Waals surface area (Å²) in [7, 11) is 3.09. The summed E-state index contributed by atoms with van der Waals surface area (Å²) in [5.74, 6) is -0.156. The summed E-state index contributed by atoms with van der Waals surface area (Å²) in [6.45, 7) is 5.43. The van der Waals surface area contributed by atoms with Crippen molar-refractivity contribution in [3.05, 3.63) is 35.4 Å². The minimum absolute atomic E-state index is 0.00853. The van der Waals surface area contributed by atoms with Gasteiger partial charge in [-0.15, -0.1) is 0 Å². The van der Waals surface area contributed by atoms with Crippen molar-refractivity contribution < 1.29 is 38.0 Å². The van der Waals surface area contributed by atoms with E-state index in [1.54, 1.807) is 26.2 Å². The molecular weight excluding hydrogens is 428 g/mol. The Kier molecular flexibility index (Phi) is 6.79. The fourth-order valence-corrected chi connectivity index (χ4v) is 4.67. The number of ether oxygens (including phenoxy) is 6. The second-order valence-corrected chi connectivity index (χ2v) is 9.33. The zero-order valence-electron chi connectivity index (χ0n) is 19.8. The SMILES string of the molecule is COCOc1cc(OC)cc2c1C(=O)O[C@@H](C)C/C=C/C(=O)[C@H]1OC(C)(C)O[C@@H]1CC1CC21. The van der Waals surface area contributed by atoms with E-state index in [0.29, 0.717) is 29.9 Å². The summed E-state index contributed by atoms with van der Waals surface area (Å²) < 4.78 is 34.0. The molecule has 1 aromatic carbocycles. The first kappa shape index (κ1) is 23.7. The molecule has 1 saturated carbocycles. The van der Waals surface area contributed by atoms with Crippen LogP contribution in [0.1, 0.15) is 61.9 Å². The molecule has 180 valence electrons. The number of carbonyl (C=O) groups is 2. The molecule has 1 aromatic rings. The fraction of sp³-hybridized carbons (Fsp3) is 0.600. The molecule has 33 heavy (non-hydrogen) atoms. The average Bonchev–Trinajstić information content (AvgIpc) is 3.45. The fourth-order valence-electron chi connectivity index (χ4n) is 4.67. The lowest BCUT2D eigenvalue weighted by Crippen LogP contribution is -2.31. The number of hydrogen-bond acceptors (Lipinski definition) is 8. The maximum atomic E-state index is 13.2. The van der Waals surface area contributed by atoms with E-state index in [1.165, 1.54) is 13.2 Å². The molecular formula is C25H32O8. The number of ketones is 1. The minimum Gasteiger partial charge on any atom is -0.497 e. The smallest absolute Gasteiger partial charge is 0.342 e. The molecule has 0 aromatic heterocycles. The van der Waals surface area contributed by atoms with Gasteiger partial charge in [0.2, 0.25) is 0 Å². The van der Waals surface area contributed by atoms with Gasteiger partial charge in [0.1, 0.15) is 29.3 Å². The Morgan fingerprint density at radius 2 is 1.91 bits per heavy atom. The van der Waals surface area contributed by atoms with Crippen LogP contribution in [0.4, 0.5) is 0 Å². The Bertz CT molecular complexity index is 937. The van der Waals surface area contributed by atoms with Crippen molar-refractivity contribution in [2.24, 2.45) is 5.92 Å². The maximum Gasteiger partial charge on any atom is 0.342 e. The van der Waals surface area contributed by atoms with Gasteiger partial charge < -0.3 is 28.4 Å². The largest absolute Gasteiger partial charge is 0.497 e. The number of fused-ring (bicyclic) bond motifs is 4. The van der Waals surface area contributed by atoms with Crippen molar-refractivity contribution in [3.63, 3.8) is 0 Å². The Labute approximate surface area is 194 Å². The monoisotopic (exact) mass is 460 g/mol. The first-order valence-electron chi connectivity index (χ1n) is 11.3.